The smallest absolute Gasteiger partial charge is 0.316 e. The van der Waals surface area contributed by atoms with Gasteiger partial charge in [0, 0.05) is 33.4 Å². The maximum absolute atomic E-state index is 11.1. The van der Waals surface area contributed by atoms with Crippen molar-refractivity contribution in [3.8, 4) is 0 Å². The second-order valence-corrected chi connectivity index (χ2v) is 3.60. The normalized spacial score (nSPS) is 9.69. The van der Waals surface area contributed by atoms with Gasteiger partial charge in [0.2, 0.25) is 5.28 Å². The van der Waals surface area contributed by atoms with Gasteiger partial charge in [-0.1, -0.05) is 0 Å². The number of nitrogens with zero attached hydrogens (tertiary/aromatic N) is 3. The number of urea groups is 1. The molecular weight excluding hydrogens is 230 g/mol. The standard InChI is InChI=1S/C9H14ClN5O/c1-15(2)9(16)13-6-5-11-7-3-4-12-8(10)14-7/h3-4H,5-6H2,1-2H3,(H,13,16)(H,11,12,14). The first-order valence-electron chi connectivity index (χ1n) is 4.77. The van der Waals surface area contributed by atoms with Crippen molar-refractivity contribution in [1.29, 1.82) is 0 Å². The van der Waals surface area contributed by atoms with E-state index >= 15 is 0 Å². The lowest BCUT2D eigenvalue weighted by atomic mass is 10.5. The van der Waals surface area contributed by atoms with Crippen molar-refractivity contribution in [3.63, 3.8) is 0 Å². The zero-order valence-corrected chi connectivity index (χ0v) is 9.95. The van der Waals surface area contributed by atoms with E-state index in [1.54, 1.807) is 26.4 Å². The predicted molar refractivity (Wildman–Crippen MR) is 62.6 cm³/mol. The molecule has 0 atom stereocenters. The molecule has 0 spiro atoms. The van der Waals surface area contributed by atoms with Crippen molar-refractivity contribution >= 4 is 23.4 Å². The number of anilines is 1. The fourth-order valence-corrected chi connectivity index (χ4v) is 1.10. The van der Waals surface area contributed by atoms with E-state index in [4.69, 9.17) is 11.6 Å². The summed E-state index contributed by atoms with van der Waals surface area (Å²) in [7, 11) is 3.37. The zero-order chi connectivity index (χ0) is 12.0. The summed E-state index contributed by atoms with van der Waals surface area (Å²) >= 11 is 5.61. The van der Waals surface area contributed by atoms with Crippen molar-refractivity contribution in [2.75, 3.05) is 32.5 Å². The monoisotopic (exact) mass is 243 g/mol. The van der Waals surface area contributed by atoms with Crippen LogP contribution in [0.3, 0.4) is 0 Å². The number of carbonyl (C=O) groups excluding carboxylic acids is 1. The second kappa shape index (κ2) is 6.12. The Kier molecular flexibility index (Phi) is 4.78. The molecule has 1 aromatic heterocycles. The molecule has 1 rings (SSSR count). The van der Waals surface area contributed by atoms with Gasteiger partial charge in [-0.3, -0.25) is 0 Å². The predicted octanol–water partition coefficient (Wildman–Crippen LogP) is 0.813. The molecule has 2 N–H and O–H groups in total. The van der Waals surface area contributed by atoms with Gasteiger partial charge in [-0.15, -0.1) is 0 Å². The maximum atomic E-state index is 11.1. The van der Waals surface area contributed by atoms with Crippen LogP contribution in [0, 0.1) is 0 Å². The number of halogens is 1. The summed E-state index contributed by atoms with van der Waals surface area (Å²) in [4.78, 5) is 20.3. The first-order chi connectivity index (χ1) is 7.59. The van der Waals surface area contributed by atoms with Crippen LogP contribution in [0.5, 0.6) is 0 Å². The van der Waals surface area contributed by atoms with Gasteiger partial charge in [0.1, 0.15) is 5.82 Å². The van der Waals surface area contributed by atoms with Crippen LogP contribution in [0.15, 0.2) is 12.3 Å². The molecule has 0 radical (unpaired) electrons. The Bertz CT molecular complexity index is 358. The van der Waals surface area contributed by atoms with Crippen LogP contribution in [0.25, 0.3) is 0 Å². The van der Waals surface area contributed by atoms with Crippen LogP contribution in [0.1, 0.15) is 0 Å². The third-order valence-corrected chi connectivity index (χ3v) is 1.92. The molecule has 1 aromatic rings. The van der Waals surface area contributed by atoms with Crippen molar-refractivity contribution in [2.45, 2.75) is 0 Å². The maximum Gasteiger partial charge on any atom is 0.316 e. The van der Waals surface area contributed by atoms with Crippen LogP contribution in [0.2, 0.25) is 5.28 Å². The topological polar surface area (TPSA) is 70.2 Å². The molecule has 88 valence electrons. The van der Waals surface area contributed by atoms with E-state index in [2.05, 4.69) is 20.6 Å². The third kappa shape index (κ3) is 4.31. The van der Waals surface area contributed by atoms with Gasteiger partial charge in [0.15, 0.2) is 0 Å². The van der Waals surface area contributed by atoms with E-state index in [1.807, 2.05) is 0 Å². The molecule has 7 heteroatoms. The second-order valence-electron chi connectivity index (χ2n) is 3.26. The summed E-state index contributed by atoms with van der Waals surface area (Å²) in [5.74, 6) is 0.638. The molecule has 0 aliphatic carbocycles. The highest BCUT2D eigenvalue weighted by molar-refractivity contribution is 6.28. The number of hydrogen-bond acceptors (Lipinski definition) is 4. The fraction of sp³-hybridized carbons (Fsp3) is 0.444. The number of hydrogen-bond donors (Lipinski definition) is 2. The Labute approximate surface area is 99.0 Å². The number of aromatic nitrogens is 2. The highest BCUT2D eigenvalue weighted by Crippen LogP contribution is 2.04. The van der Waals surface area contributed by atoms with Crippen LogP contribution in [-0.2, 0) is 0 Å². The van der Waals surface area contributed by atoms with Crippen molar-refractivity contribution in [2.24, 2.45) is 0 Å². The van der Waals surface area contributed by atoms with Gasteiger partial charge in [-0.25, -0.2) is 14.8 Å². The van der Waals surface area contributed by atoms with E-state index < -0.39 is 0 Å². The van der Waals surface area contributed by atoms with Gasteiger partial charge in [0.25, 0.3) is 0 Å². The molecule has 1 heterocycles. The largest absolute Gasteiger partial charge is 0.368 e. The minimum atomic E-state index is -0.123. The number of carbonyl (C=O) groups is 1. The van der Waals surface area contributed by atoms with Crippen molar-refractivity contribution in [3.05, 3.63) is 17.5 Å². The van der Waals surface area contributed by atoms with Gasteiger partial charge in [-0.05, 0) is 17.7 Å². The van der Waals surface area contributed by atoms with Gasteiger partial charge in [0.05, 0.1) is 0 Å². The summed E-state index contributed by atoms with van der Waals surface area (Å²) in [6.07, 6.45) is 1.57. The number of nitrogens with one attached hydrogen (secondary N) is 2. The number of rotatable bonds is 4. The first-order valence-corrected chi connectivity index (χ1v) is 5.15. The van der Waals surface area contributed by atoms with Crippen LogP contribution >= 0.6 is 11.6 Å². The Hall–Kier alpha value is -1.56. The molecular formula is C9H14ClN5O. The molecule has 0 aliphatic heterocycles. The minimum Gasteiger partial charge on any atom is -0.368 e. The van der Waals surface area contributed by atoms with Gasteiger partial charge < -0.3 is 15.5 Å². The van der Waals surface area contributed by atoms with Crippen LogP contribution in [-0.4, -0.2) is 48.1 Å². The Morgan fingerprint density at radius 3 is 2.88 bits per heavy atom. The molecule has 0 aliphatic rings. The van der Waals surface area contributed by atoms with E-state index in [0.717, 1.165) is 0 Å². The molecule has 0 saturated heterocycles. The van der Waals surface area contributed by atoms with Gasteiger partial charge >= 0.3 is 6.03 Å². The average Bonchev–Trinajstić information content (AvgIpc) is 2.24. The quantitative estimate of drug-likeness (QED) is 0.607. The summed E-state index contributed by atoms with van der Waals surface area (Å²) in [5.41, 5.74) is 0. The SMILES string of the molecule is CN(C)C(=O)NCCNc1ccnc(Cl)n1. The summed E-state index contributed by atoms with van der Waals surface area (Å²) in [5, 5.41) is 5.92. The molecule has 16 heavy (non-hydrogen) atoms. The summed E-state index contributed by atoms with van der Waals surface area (Å²) in [6, 6.07) is 1.59. The summed E-state index contributed by atoms with van der Waals surface area (Å²) < 4.78 is 0. The van der Waals surface area contributed by atoms with E-state index in [9.17, 15) is 4.79 Å². The molecule has 6 nitrogen and oxygen atoms in total. The van der Waals surface area contributed by atoms with E-state index in [1.165, 1.54) is 4.90 Å². The van der Waals surface area contributed by atoms with Crippen molar-refractivity contribution < 1.29 is 4.79 Å². The number of amides is 2. The Morgan fingerprint density at radius 2 is 2.25 bits per heavy atom. The lowest BCUT2D eigenvalue weighted by Crippen LogP contribution is -2.37. The highest BCUT2D eigenvalue weighted by atomic mass is 35.5. The zero-order valence-electron chi connectivity index (χ0n) is 9.20. The van der Waals surface area contributed by atoms with Crippen molar-refractivity contribution in [1.82, 2.24) is 20.2 Å². The lowest BCUT2D eigenvalue weighted by molar-refractivity contribution is 0.218. The minimum absolute atomic E-state index is 0.123. The van der Waals surface area contributed by atoms with Crippen LogP contribution < -0.4 is 10.6 Å². The average molecular weight is 244 g/mol. The molecule has 0 unspecified atom stereocenters. The Balaban J connectivity index is 2.23. The lowest BCUT2D eigenvalue weighted by Gasteiger charge is -2.12. The third-order valence-electron chi connectivity index (χ3n) is 1.74. The summed E-state index contributed by atoms with van der Waals surface area (Å²) in [6.45, 7) is 1.09. The van der Waals surface area contributed by atoms with E-state index in [0.29, 0.717) is 18.9 Å². The van der Waals surface area contributed by atoms with Gasteiger partial charge in [-0.2, -0.15) is 0 Å². The highest BCUT2D eigenvalue weighted by Gasteiger charge is 2.01. The molecule has 0 fully saturated rings. The fourth-order valence-electron chi connectivity index (χ4n) is 0.951. The van der Waals surface area contributed by atoms with E-state index in [-0.39, 0.29) is 11.3 Å². The molecule has 0 saturated carbocycles. The first kappa shape index (κ1) is 12.5. The molecule has 2 amide bonds. The van der Waals surface area contributed by atoms with Crippen LogP contribution in [0.4, 0.5) is 10.6 Å². The Morgan fingerprint density at radius 1 is 1.50 bits per heavy atom. The molecule has 0 aromatic carbocycles. The molecule has 0 bridgehead atoms.